The number of carbonyl (C=O) groups excluding carboxylic acids is 1. The van der Waals surface area contributed by atoms with Crippen LogP contribution in [0.2, 0.25) is 0 Å². The maximum absolute atomic E-state index is 12.8. The highest BCUT2D eigenvalue weighted by Crippen LogP contribution is 2.29. The summed E-state index contributed by atoms with van der Waals surface area (Å²) in [7, 11) is 0. The van der Waals surface area contributed by atoms with Crippen molar-refractivity contribution in [1.82, 2.24) is 9.55 Å². The van der Waals surface area contributed by atoms with Crippen molar-refractivity contribution in [2.75, 3.05) is 0 Å². The number of unbranched alkanes of at least 4 members (excludes halogenated alkanes) is 3. The standard InChI is InChI=1S/C20H28N2O3S/c1-3-4-5-9-12-22-13-21-18-16(19(22)23)14(2)17(26-18)20(24)25-15-10-7-6-8-11-15/h13,15H,3-12H2,1-2H3. The molecule has 1 fully saturated rings. The van der Waals surface area contributed by atoms with Crippen LogP contribution in [0, 0.1) is 6.92 Å². The lowest BCUT2D eigenvalue weighted by Crippen LogP contribution is -2.21. The minimum absolute atomic E-state index is 0.0176. The third-order valence-electron chi connectivity index (χ3n) is 5.18. The molecule has 142 valence electrons. The van der Waals surface area contributed by atoms with Crippen LogP contribution in [0.5, 0.6) is 0 Å². The van der Waals surface area contributed by atoms with Crippen LogP contribution in [0.1, 0.15) is 79.9 Å². The van der Waals surface area contributed by atoms with E-state index in [0.29, 0.717) is 27.2 Å². The van der Waals surface area contributed by atoms with Crippen molar-refractivity contribution in [3.63, 3.8) is 0 Å². The van der Waals surface area contributed by atoms with Gasteiger partial charge in [-0.3, -0.25) is 9.36 Å². The van der Waals surface area contributed by atoms with Gasteiger partial charge in [0, 0.05) is 6.54 Å². The van der Waals surface area contributed by atoms with E-state index in [0.717, 1.165) is 38.5 Å². The first kappa shape index (κ1) is 19.1. The molecule has 0 radical (unpaired) electrons. The SMILES string of the molecule is CCCCCCn1cnc2sc(C(=O)OC3CCCCC3)c(C)c2c1=O. The van der Waals surface area contributed by atoms with Gasteiger partial charge in [0.25, 0.3) is 5.56 Å². The van der Waals surface area contributed by atoms with Crippen LogP contribution in [-0.4, -0.2) is 21.6 Å². The second-order valence-electron chi connectivity index (χ2n) is 7.21. The zero-order valence-electron chi connectivity index (χ0n) is 15.8. The minimum atomic E-state index is -0.300. The molecule has 2 aromatic heterocycles. The Morgan fingerprint density at radius 2 is 2.04 bits per heavy atom. The molecule has 0 amide bonds. The average Bonchev–Trinajstić information content (AvgIpc) is 2.99. The van der Waals surface area contributed by atoms with E-state index in [2.05, 4.69) is 11.9 Å². The van der Waals surface area contributed by atoms with Crippen LogP contribution in [-0.2, 0) is 11.3 Å². The van der Waals surface area contributed by atoms with Gasteiger partial charge in [0.1, 0.15) is 15.8 Å². The first-order valence-corrected chi connectivity index (χ1v) is 10.6. The number of ether oxygens (including phenoxy) is 1. The van der Waals surface area contributed by atoms with Gasteiger partial charge in [0.05, 0.1) is 11.7 Å². The third-order valence-corrected chi connectivity index (χ3v) is 6.36. The predicted molar refractivity (Wildman–Crippen MR) is 105 cm³/mol. The number of fused-ring (bicyclic) bond motifs is 1. The quantitative estimate of drug-likeness (QED) is 0.512. The predicted octanol–water partition coefficient (Wildman–Crippen LogP) is 4.84. The summed E-state index contributed by atoms with van der Waals surface area (Å²) < 4.78 is 7.36. The summed E-state index contributed by atoms with van der Waals surface area (Å²) in [6.07, 6.45) is 11.4. The van der Waals surface area contributed by atoms with E-state index in [1.54, 1.807) is 10.9 Å². The largest absolute Gasteiger partial charge is 0.458 e. The molecule has 1 saturated carbocycles. The van der Waals surface area contributed by atoms with Gasteiger partial charge in [0.2, 0.25) is 0 Å². The van der Waals surface area contributed by atoms with E-state index in [4.69, 9.17) is 4.74 Å². The van der Waals surface area contributed by atoms with Crippen LogP contribution in [0.3, 0.4) is 0 Å². The van der Waals surface area contributed by atoms with E-state index in [1.807, 2.05) is 6.92 Å². The number of aromatic nitrogens is 2. The van der Waals surface area contributed by atoms with Crippen molar-refractivity contribution < 1.29 is 9.53 Å². The summed E-state index contributed by atoms with van der Waals surface area (Å²) in [5, 5.41) is 0.573. The lowest BCUT2D eigenvalue weighted by atomic mass is 9.98. The summed E-state index contributed by atoms with van der Waals surface area (Å²) >= 11 is 1.28. The Morgan fingerprint density at radius 1 is 1.27 bits per heavy atom. The molecule has 0 saturated heterocycles. The lowest BCUT2D eigenvalue weighted by molar-refractivity contribution is 0.0216. The van der Waals surface area contributed by atoms with E-state index < -0.39 is 0 Å². The van der Waals surface area contributed by atoms with Gasteiger partial charge in [-0.2, -0.15) is 0 Å². The van der Waals surface area contributed by atoms with E-state index >= 15 is 0 Å². The Hall–Kier alpha value is -1.69. The number of nitrogens with zero attached hydrogens (tertiary/aromatic N) is 2. The highest BCUT2D eigenvalue weighted by Gasteiger charge is 2.24. The molecular formula is C20H28N2O3S. The second kappa shape index (κ2) is 8.80. The molecule has 0 aliphatic heterocycles. The van der Waals surface area contributed by atoms with Crippen molar-refractivity contribution in [1.29, 1.82) is 0 Å². The van der Waals surface area contributed by atoms with Crippen LogP contribution >= 0.6 is 11.3 Å². The molecule has 0 N–H and O–H groups in total. The fourth-order valence-corrected chi connectivity index (χ4v) is 4.63. The lowest BCUT2D eigenvalue weighted by Gasteiger charge is -2.21. The van der Waals surface area contributed by atoms with Gasteiger partial charge in [-0.05, 0) is 44.6 Å². The fraction of sp³-hybridized carbons (Fsp3) is 0.650. The molecule has 0 atom stereocenters. The number of aryl methyl sites for hydroxylation is 2. The fourth-order valence-electron chi connectivity index (χ4n) is 3.61. The highest BCUT2D eigenvalue weighted by molar-refractivity contribution is 7.20. The first-order valence-electron chi connectivity index (χ1n) is 9.81. The van der Waals surface area contributed by atoms with Crippen LogP contribution in [0.25, 0.3) is 10.2 Å². The maximum atomic E-state index is 12.8. The molecule has 3 rings (SSSR count). The van der Waals surface area contributed by atoms with Gasteiger partial charge in [0.15, 0.2) is 0 Å². The van der Waals surface area contributed by atoms with Gasteiger partial charge in [-0.25, -0.2) is 9.78 Å². The summed E-state index contributed by atoms with van der Waals surface area (Å²) in [6.45, 7) is 4.68. The second-order valence-corrected chi connectivity index (χ2v) is 8.20. The molecule has 0 aromatic carbocycles. The summed E-state index contributed by atoms with van der Waals surface area (Å²) in [4.78, 5) is 31.0. The minimum Gasteiger partial charge on any atom is -0.458 e. The van der Waals surface area contributed by atoms with Gasteiger partial charge in [-0.15, -0.1) is 11.3 Å². The Morgan fingerprint density at radius 3 is 2.77 bits per heavy atom. The Balaban J connectivity index is 1.79. The number of carbonyl (C=O) groups is 1. The molecule has 0 unspecified atom stereocenters. The smallest absolute Gasteiger partial charge is 0.348 e. The van der Waals surface area contributed by atoms with Gasteiger partial charge in [-0.1, -0.05) is 32.6 Å². The van der Waals surface area contributed by atoms with Crippen LogP contribution in [0.15, 0.2) is 11.1 Å². The molecule has 1 aliphatic rings. The molecule has 1 aliphatic carbocycles. The Labute approximate surface area is 158 Å². The molecule has 0 bridgehead atoms. The highest BCUT2D eigenvalue weighted by atomic mass is 32.1. The molecule has 6 heteroatoms. The topological polar surface area (TPSA) is 61.2 Å². The summed E-state index contributed by atoms with van der Waals surface area (Å²) in [5.74, 6) is -0.300. The molecule has 5 nitrogen and oxygen atoms in total. The normalized spacial score (nSPS) is 15.5. The zero-order chi connectivity index (χ0) is 18.5. The molecule has 0 spiro atoms. The number of thiophene rings is 1. The first-order chi connectivity index (χ1) is 12.6. The molecule has 2 heterocycles. The van der Waals surface area contributed by atoms with Crippen LogP contribution < -0.4 is 5.56 Å². The number of hydrogen-bond donors (Lipinski definition) is 0. The van der Waals surface area contributed by atoms with Crippen molar-refractivity contribution in [2.45, 2.75) is 84.3 Å². The molecule has 26 heavy (non-hydrogen) atoms. The van der Waals surface area contributed by atoms with Gasteiger partial charge < -0.3 is 4.74 Å². The van der Waals surface area contributed by atoms with E-state index in [1.165, 1.54) is 30.6 Å². The average molecular weight is 377 g/mol. The summed E-state index contributed by atoms with van der Waals surface area (Å²) in [6, 6.07) is 0. The van der Waals surface area contributed by atoms with E-state index in [9.17, 15) is 9.59 Å². The molecule has 2 aromatic rings. The van der Waals surface area contributed by atoms with Crippen molar-refractivity contribution in [2.24, 2.45) is 0 Å². The third kappa shape index (κ3) is 4.17. The molecular weight excluding hydrogens is 348 g/mol. The monoisotopic (exact) mass is 376 g/mol. The van der Waals surface area contributed by atoms with Crippen molar-refractivity contribution >= 4 is 27.5 Å². The number of esters is 1. The summed E-state index contributed by atoms with van der Waals surface area (Å²) in [5.41, 5.74) is 0.670. The zero-order valence-corrected chi connectivity index (χ0v) is 16.6. The Kier molecular flexibility index (Phi) is 6.46. The Bertz CT molecular complexity index is 818. The van der Waals surface area contributed by atoms with Crippen molar-refractivity contribution in [3.8, 4) is 0 Å². The number of rotatable bonds is 7. The number of hydrogen-bond acceptors (Lipinski definition) is 5. The van der Waals surface area contributed by atoms with Crippen LogP contribution in [0.4, 0.5) is 0 Å². The van der Waals surface area contributed by atoms with Gasteiger partial charge >= 0.3 is 5.97 Å². The van der Waals surface area contributed by atoms with E-state index in [-0.39, 0.29) is 17.6 Å². The van der Waals surface area contributed by atoms with Crippen molar-refractivity contribution in [3.05, 3.63) is 27.1 Å². The maximum Gasteiger partial charge on any atom is 0.348 e.